The van der Waals surface area contributed by atoms with Gasteiger partial charge in [0.05, 0.1) is 12.7 Å². The lowest BCUT2D eigenvalue weighted by atomic mass is 9.96. The minimum atomic E-state index is 0.0767. The molecule has 0 aliphatic carbocycles. The van der Waals surface area contributed by atoms with E-state index in [0.29, 0.717) is 23.5 Å². The minimum absolute atomic E-state index is 0.0767. The second-order valence-corrected chi connectivity index (χ2v) is 10.1. The molecule has 0 amide bonds. The third-order valence-electron chi connectivity index (χ3n) is 6.93. The van der Waals surface area contributed by atoms with Gasteiger partial charge in [-0.1, -0.05) is 30.7 Å². The van der Waals surface area contributed by atoms with Crippen LogP contribution < -0.4 is 14.5 Å². The van der Waals surface area contributed by atoms with E-state index in [1.807, 2.05) is 12.1 Å². The molecule has 3 heterocycles. The number of piperidine rings is 1. The SMILES string of the molecule is CC(=O)C[C@@H](C)c1ccc(O[C@@H]2CCN(c3nc(N4[C@H](C)CCC[C@H]4C)ncc3Cl)C2)cc1. The molecule has 2 saturated heterocycles. The molecule has 0 spiro atoms. The van der Waals surface area contributed by atoms with E-state index in [1.54, 1.807) is 13.1 Å². The number of carbonyl (C=O) groups is 1. The van der Waals surface area contributed by atoms with E-state index in [-0.39, 0.29) is 17.8 Å². The molecule has 4 rings (SSSR count). The van der Waals surface area contributed by atoms with Gasteiger partial charge in [0.2, 0.25) is 5.95 Å². The molecule has 0 unspecified atom stereocenters. The van der Waals surface area contributed by atoms with Crippen LogP contribution in [0.15, 0.2) is 30.5 Å². The highest BCUT2D eigenvalue weighted by Gasteiger charge is 2.30. The van der Waals surface area contributed by atoms with Crippen LogP contribution in [0.25, 0.3) is 0 Å². The number of ether oxygens (including phenoxy) is 1. The molecular weight excluding hydrogens is 436 g/mol. The Morgan fingerprint density at radius 2 is 1.88 bits per heavy atom. The zero-order chi connectivity index (χ0) is 23.5. The van der Waals surface area contributed by atoms with Crippen molar-refractivity contribution in [2.45, 2.75) is 83.9 Å². The standard InChI is InChI=1S/C26H35ClN4O2/c1-17(14-20(4)32)21-8-10-22(11-9-21)33-23-12-13-30(16-23)25-24(27)15-28-26(29-25)31-18(2)6-5-7-19(31)3/h8-11,15,17-19,23H,5-7,12-14,16H2,1-4H3/t17-,18-,19-,23-/m1/s1. The molecule has 4 atom stereocenters. The number of benzene rings is 1. The Kier molecular flexibility index (Phi) is 7.42. The average molecular weight is 471 g/mol. The predicted octanol–water partition coefficient (Wildman–Crippen LogP) is 5.64. The highest BCUT2D eigenvalue weighted by atomic mass is 35.5. The van der Waals surface area contributed by atoms with Gasteiger partial charge in [0.1, 0.15) is 22.7 Å². The molecule has 33 heavy (non-hydrogen) atoms. The van der Waals surface area contributed by atoms with Crippen LogP contribution >= 0.6 is 11.6 Å². The number of nitrogens with zero attached hydrogens (tertiary/aromatic N) is 4. The lowest BCUT2D eigenvalue weighted by Crippen LogP contribution is -2.45. The maximum atomic E-state index is 11.4. The van der Waals surface area contributed by atoms with Crippen molar-refractivity contribution < 1.29 is 9.53 Å². The minimum Gasteiger partial charge on any atom is -0.489 e. The van der Waals surface area contributed by atoms with Crippen molar-refractivity contribution >= 4 is 29.2 Å². The van der Waals surface area contributed by atoms with Gasteiger partial charge in [0.15, 0.2) is 5.82 Å². The maximum Gasteiger partial charge on any atom is 0.227 e. The van der Waals surface area contributed by atoms with Gasteiger partial charge in [-0.05, 0) is 63.6 Å². The number of hydrogen-bond acceptors (Lipinski definition) is 6. The number of hydrogen-bond donors (Lipinski definition) is 0. The molecule has 0 radical (unpaired) electrons. The van der Waals surface area contributed by atoms with Gasteiger partial charge in [0, 0.05) is 31.5 Å². The quantitative estimate of drug-likeness (QED) is 0.522. The Morgan fingerprint density at radius 1 is 1.18 bits per heavy atom. The summed E-state index contributed by atoms with van der Waals surface area (Å²) in [4.78, 5) is 25.4. The van der Waals surface area contributed by atoms with E-state index in [4.69, 9.17) is 21.3 Å². The summed E-state index contributed by atoms with van der Waals surface area (Å²) in [6, 6.07) is 8.98. The Balaban J connectivity index is 1.41. The van der Waals surface area contributed by atoms with E-state index >= 15 is 0 Å². The zero-order valence-corrected chi connectivity index (χ0v) is 20.9. The molecule has 0 N–H and O–H groups in total. The molecule has 2 fully saturated rings. The molecule has 0 bridgehead atoms. The second-order valence-electron chi connectivity index (χ2n) is 9.73. The molecule has 6 nitrogen and oxygen atoms in total. The fourth-order valence-electron chi connectivity index (χ4n) is 5.14. The van der Waals surface area contributed by atoms with Gasteiger partial charge in [-0.15, -0.1) is 0 Å². The number of carbonyl (C=O) groups excluding carboxylic acids is 1. The van der Waals surface area contributed by atoms with Crippen LogP contribution in [-0.2, 0) is 4.79 Å². The highest BCUT2D eigenvalue weighted by molar-refractivity contribution is 6.32. The normalized spacial score (nSPS) is 24.1. The van der Waals surface area contributed by atoms with Crippen LogP contribution in [0.2, 0.25) is 5.02 Å². The molecule has 7 heteroatoms. The molecule has 0 saturated carbocycles. The lowest BCUT2D eigenvalue weighted by Gasteiger charge is -2.39. The summed E-state index contributed by atoms with van der Waals surface area (Å²) < 4.78 is 6.26. The molecular formula is C26H35ClN4O2. The van der Waals surface area contributed by atoms with Crippen molar-refractivity contribution in [3.63, 3.8) is 0 Å². The van der Waals surface area contributed by atoms with Crippen LogP contribution in [0.1, 0.15) is 71.3 Å². The topological polar surface area (TPSA) is 58.6 Å². The van der Waals surface area contributed by atoms with Crippen LogP contribution in [-0.4, -0.2) is 47.0 Å². The first kappa shape index (κ1) is 23.8. The molecule has 2 aromatic rings. The fourth-order valence-corrected chi connectivity index (χ4v) is 5.35. The summed E-state index contributed by atoms with van der Waals surface area (Å²) in [5.41, 5.74) is 1.16. The summed E-state index contributed by atoms with van der Waals surface area (Å²) >= 11 is 6.53. The van der Waals surface area contributed by atoms with Gasteiger partial charge in [0.25, 0.3) is 0 Å². The Morgan fingerprint density at radius 3 is 2.55 bits per heavy atom. The molecule has 1 aromatic heterocycles. The van der Waals surface area contributed by atoms with Crippen molar-refractivity contribution in [3.05, 3.63) is 41.0 Å². The monoisotopic (exact) mass is 470 g/mol. The van der Waals surface area contributed by atoms with Gasteiger partial charge in [-0.25, -0.2) is 4.98 Å². The number of halogens is 1. The first-order valence-electron chi connectivity index (χ1n) is 12.1. The van der Waals surface area contributed by atoms with E-state index in [1.165, 1.54) is 6.42 Å². The van der Waals surface area contributed by atoms with Gasteiger partial charge >= 0.3 is 0 Å². The highest BCUT2D eigenvalue weighted by Crippen LogP contribution is 2.32. The first-order valence-corrected chi connectivity index (χ1v) is 12.5. The van der Waals surface area contributed by atoms with Crippen LogP contribution in [0, 0.1) is 0 Å². The van der Waals surface area contributed by atoms with E-state index in [9.17, 15) is 4.79 Å². The lowest BCUT2D eigenvalue weighted by molar-refractivity contribution is -0.117. The van der Waals surface area contributed by atoms with Gasteiger partial charge in [-0.3, -0.25) is 0 Å². The van der Waals surface area contributed by atoms with Crippen LogP contribution in [0.3, 0.4) is 0 Å². The summed E-state index contributed by atoms with van der Waals surface area (Å²) in [6.07, 6.45) is 6.87. The number of rotatable bonds is 7. The van der Waals surface area contributed by atoms with Crippen LogP contribution in [0.5, 0.6) is 5.75 Å². The largest absolute Gasteiger partial charge is 0.489 e. The number of aromatic nitrogens is 2. The average Bonchev–Trinajstić information content (AvgIpc) is 3.23. The predicted molar refractivity (Wildman–Crippen MR) is 134 cm³/mol. The Hall–Kier alpha value is -2.34. The summed E-state index contributed by atoms with van der Waals surface area (Å²) in [5.74, 6) is 2.86. The number of Topliss-reactive ketones (excluding diaryl/α,β-unsaturated/α-hetero) is 1. The van der Waals surface area contributed by atoms with Crippen molar-refractivity contribution in [1.82, 2.24) is 9.97 Å². The summed E-state index contributed by atoms with van der Waals surface area (Å²) in [6.45, 7) is 9.80. The second kappa shape index (κ2) is 10.3. The first-order chi connectivity index (χ1) is 15.8. The summed E-state index contributed by atoms with van der Waals surface area (Å²) in [7, 11) is 0. The molecule has 2 aliphatic heterocycles. The van der Waals surface area contributed by atoms with Crippen molar-refractivity contribution in [2.75, 3.05) is 22.9 Å². The number of anilines is 2. The van der Waals surface area contributed by atoms with Crippen molar-refractivity contribution in [1.29, 1.82) is 0 Å². The molecule has 2 aliphatic rings. The fraction of sp³-hybridized carbons (Fsp3) is 0.577. The molecule has 178 valence electrons. The third kappa shape index (κ3) is 5.60. The number of ketones is 1. The third-order valence-corrected chi connectivity index (χ3v) is 7.19. The van der Waals surface area contributed by atoms with E-state index in [0.717, 1.165) is 55.4 Å². The Labute approximate surface area is 202 Å². The summed E-state index contributed by atoms with van der Waals surface area (Å²) in [5, 5.41) is 0.584. The van der Waals surface area contributed by atoms with Crippen molar-refractivity contribution in [2.24, 2.45) is 0 Å². The Bertz CT molecular complexity index is 957. The van der Waals surface area contributed by atoms with Crippen LogP contribution in [0.4, 0.5) is 11.8 Å². The smallest absolute Gasteiger partial charge is 0.227 e. The maximum absolute atomic E-state index is 11.4. The van der Waals surface area contributed by atoms with E-state index < -0.39 is 0 Å². The zero-order valence-electron chi connectivity index (χ0n) is 20.1. The van der Waals surface area contributed by atoms with Gasteiger partial charge in [-0.2, -0.15) is 4.98 Å². The molecule has 1 aromatic carbocycles. The van der Waals surface area contributed by atoms with E-state index in [2.05, 4.69) is 47.7 Å². The van der Waals surface area contributed by atoms with Crippen molar-refractivity contribution in [3.8, 4) is 5.75 Å². The van der Waals surface area contributed by atoms with Gasteiger partial charge < -0.3 is 19.3 Å².